The summed E-state index contributed by atoms with van der Waals surface area (Å²) in [6, 6.07) is 1.43. The standard InChI is InChI=1S/C15H27N5/c1-20-11-18-15(19-20)8-10-17-13-6-3-2-5-12(13)14-7-4-9-16-14/h11-14,16-17H,2-10H2,1H3. The van der Waals surface area contributed by atoms with E-state index in [1.54, 1.807) is 11.0 Å². The van der Waals surface area contributed by atoms with Crippen molar-refractivity contribution in [2.24, 2.45) is 13.0 Å². The van der Waals surface area contributed by atoms with Gasteiger partial charge in [0.25, 0.3) is 0 Å². The van der Waals surface area contributed by atoms with Crippen LogP contribution in [-0.4, -0.2) is 39.9 Å². The molecule has 3 unspecified atom stereocenters. The first kappa shape index (κ1) is 14.0. The minimum atomic E-state index is 0.683. The van der Waals surface area contributed by atoms with Crippen LogP contribution in [0.4, 0.5) is 0 Å². The Bertz CT molecular complexity index is 410. The van der Waals surface area contributed by atoms with Crippen LogP contribution in [0.25, 0.3) is 0 Å². The van der Waals surface area contributed by atoms with Gasteiger partial charge in [-0.1, -0.05) is 12.8 Å². The average molecular weight is 277 g/mol. The van der Waals surface area contributed by atoms with Crippen molar-refractivity contribution in [3.63, 3.8) is 0 Å². The van der Waals surface area contributed by atoms with Crippen molar-refractivity contribution in [2.45, 2.75) is 57.0 Å². The Morgan fingerprint density at radius 3 is 2.95 bits per heavy atom. The zero-order chi connectivity index (χ0) is 13.8. The van der Waals surface area contributed by atoms with E-state index in [4.69, 9.17) is 0 Å². The molecule has 2 heterocycles. The lowest BCUT2D eigenvalue weighted by molar-refractivity contribution is 0.215. The van der Waals surface area contributed by atoms with Crippen molar-refractivity contribution in [1.29, 1.82) is 0 Å². The van der Waals surface area contributed by atoms with Crippen LogP contribution in [0.3, 0.4) is 0 Å². The number of nitrogens with one attached hydrogen (secondary N) is 2. The van der Waals surface area contributed by atoms with Gasteiger partial charge in [-0.05, 0) is 38.1 Å². The summed E-state index contributed by atoms with van der Waals surface area (Å²) < 4.78 is 1.78. The molecule has 0 amide bonds. The zero-order valence-electron chi connectivity index (χ0n) is 12.5. The van der Waals surface area contributed by atoms with E-state index >= 15 is 0 Å². The summed E-state index contributed by atoms with van der Waals surface area (Å²) in [5.74, 6) is 1.77. The first-order valence-corrected chi connectivity index (χ1v) is 8.14. The fourth-order valence-electron chi connectivity index (χ4n) is 3.84. The Kier molecular flexibility index (Phi) is 4.68. The van der Waals surface area contributed by atoms with Crippen molar-refractivity contribution < 1.29 is 0 Å². The Morgan fingerprint density at radius 1 is 1.30 bits per heavy atom. The van der Waals surface area contributed by atoms with Gasteiger partial charge < -0.3 is 10.6 Å². The number of nitrogens with zero attached hydrogens (tertiary/aromatic N) is 3. The monoisotopic (exact) mass is 277 g/mol. The molecular weight excluding hydrogens is 250 g/mol. The molecule has 20 heavy (non-hydrogen) atoms. The lowest BCUT2D eigenvalue weighted by atomic mass is 9.79. The van der Waals surface area contributed by atoms with E-state index in [2.05, 4.69) is 20.7 Å². The highest BCUT2D eigenvalue weighted by atomic mass is 15.3. The molecule has 1 saturated heterocycles. The fourth-order valence-corrected chi connectivity index (χ4v) is 3.84. The van der Waals surface area contributed by atoms with Crippen LogP contribution in [0.1, 0.15) is 44.3 Å². The molecule has 2 fully saturated rings. The van der Waals surface area contributed by atoms with Crippen molar-refractivity contribution >= 4 is 0 Å². The number of rotatable bonds is 5. The van der Waals surface area contributed by atoms with Gasteiger partial charge in [-0.25, -0.2) is 4.98 Å². The molecule has 3 atom stereocenters. The van der Waals surface area contributed by atoms with E-state index in [0.717, 1.165) is 30.7 Å². The Hall–Kier alpha value is -0.940. The molecule has 1 aliphatic heterocycles. The predicted molar refractivity (Wildman–Crippen MR) is 79.5 cm³/mol. The molecule has 5 nitrogen and oxygen atoms in total. The second-order valence-corrected chi connectivity index (χ2v) is 6.30. The Morgan fingerprint density at radius 2 is 2.20 bits per heavy atom. The third kappa shape index (κ3) is 3.38. The van der Waals surface area contributed by atoms with E-state index in [9.17, 15) is 0 Å². The summed E-state index contributed by atoms with van der Waals surface area (Å²) in [7, 11) is 1.92. The van der Waals surface area contributed by atoms with Crippen molar-refractivity contribution in [1.82, 2.24) is 25.4 Å². The minimum Gasteiger partial charge on any atom is -0.314 e. The van der Waals surface area contributed by atoms with Gasteiger partial charge >= 0.3 is 0 Å². The lowest BCUT2D eigenvalue weighted by Crippen LogP contribution is -2.47. The van der Waals surface area contributed by atoms with Crippen LogP contribution in [0.5, 0.6) is 0 Å². The summed E-state index contributed by atoms with van der Waals surface area (Å²) in [6.45, 7) is 2.21. The van der Waals surface area contributed by atoms with Gasteiger partial charge in [0.2, 0.25) is 0 Å². The molecule has 0 radical (unpaired) electrons. The fraction of sp³-hybridized carbons (Fsp3) is 0.867. The number of aryl methyl sites for hydroxylation is 1. The van der Waals surface area contributed by atoms with Crippen molar-refractivity contribution in [3.05, 3.63) is 12.2 Å². The van der Waals surface area contributed by atoms with Gasteiger partial charge in [0.1, 0.15) is 6.33 Å². The molecular formula is C15H27N5. The molecule has 2 aliphatic rings. The maximum absolute atomic E-state index is 4.34. The highest BCUT2D eigenvalue weighted by molar-refractivity contribution is 4.92. The first-order chi connectivity index (χ1) is 9.83. The summed E-state index contributed by atoms with van der Waals surface area (Å²) >= 11 is 0. The third-order valence-electron chi connectivity index (χ3n) is 4.84. The van der Waals surface area contributed by atoms with Crippen LogP contribution in [-0.2, 0) is 13.5 Å². The van der Waals surface area contributed by atoms with Crippen LogP contribution >= 0.6 is 0 Å². The van der Waals surface area contributed by atoms with Gasteiger partial charge in [0, 0.05) is 32.1 Å². The molecule has 2 N–H and O–H groups in total. The topological polar surface area (TPSA) is 54.8 Å². The largest absolute Gasteiger partial charge is 0.314 e. The second kappa shape index (κ2) is 6.68. The number of hydrogen-bond acceptors (Lipinski definition) is 4. The third-order valence-corrected chi connectivity index (χ3v) is 4.84. The van der Waals surface area contributed by atoms with Crippen LogP contribution in [0, 0.1) is 5.92 Å². The Balaban J connectivity index is 1.49. The van der Waals surface area contributed by atoms with E-state index in [1.165, 1.54) is 45.1 Å². The first-order valence-electron chi connectivity index (χ1n) is 8.14. The van der Waals surface area contributed by atoms with Crippen molar-refractivity contribution in [3.8, 4) is 0 Å². The van der Waals surface area contributed by atoms with Gasteiger partial charge in [-0.3, -0.25) is 4.68 Å². The summed E-state index contributed by atoms with van der Waals surface area (Å²) in [5.41, 5.74) is 0. The lowest BCUT2D eigenvalue weighted by Gasteiger charge is -2.36. The van der Waals surface area contributed by atoms with E-state index in [-0.39, 0.29) is 0 Å². The highest BCUT2D eigenvalue weighted by Crippen LogP contribution is 2.30. The van der Waals surface area contributed by atoms with Gasteiger partial charge in [-0.15, -0.1) is 0 Å². The van der Waals surface area contributed by atoms with Gasteiger partial charge in [-0.2, -0.15) is 5.10 Å². The minimum absolute atomic E-state index is 0.683. The predicted octanol–water partition coefficient (Wildman–Crippen LogP) is 1.26. The molecule has 0 aromatic carbocycles. The molecule has 1 aliphatic carbocycles. The molecule has 3 rings (SSSR count). The highest BCUT2D eigenvalue weighted by Gasteiger charge is 2.32. The molecule has 1 aromatic heterocycles. The van der Waals surface area contributed by atoms with Crippen LogP contribution in [0.15, 0.2) is 6.33 Å². The van der Waals surface area contributed by atoms with Crippen molar-refractivity contribution in [2.75, 3.05) is 13.1 Å². The summed E-state index contributed by atoms with van der Waals surface area (Å²) in [6.07, 6.45) is 10.9. The Labute approximate surface area is 121 Å². The maximum Gasteiger partial charge on any atom is 0.151 e. The average Bonchev–Trinajstić information content (AvgIpc) is 3.11. The van der Waals surface area contributed by atoms with Gasteiger partial charge in [0.15, 0.2) is 5.82 Å². The molecule has 0 bridgehead atoms. The molecule has 0 spiro atoms. The molecule has 1 saturated carbocycles. The molecule has 5 heteroatoms. The van der Waals surface area contributed by atoms with E-state index in [1.807, 2.05) is 7.05 Å². The summed E-state index contributed by atoms with van der Waals surface area (Å²) in [4.78, 5) is 4.29. The zero-order valence-corrected chi connectivity index (χ0v) is 12.5. The van der Waals surface area contributed by atoms with E-state index < -0.39 is 0 Å². The van der Waals surface area contributed by atoms with Crippen LogP contribution < -0.4 is 10.6 Å². The number of aromatic nitrogens is 3. The summed E-state index contributed by atoms with van der Waals surface area (Å²) in [5, 5.41) is 11.8. The SMILES string of the molecule is Cn1cnc(CCNC2CCCCC2C2CCCN2)n1. The molecule has 112 valence electrons. The van der Waals surface area contributed by atoms with E-state index in [0.29, 0.717) is 6.04 Å². The van der Waals surface area contributed by atoms with Gasteiger partial charge in [0.05, 0.1) is 0 Å². The second-order valence-electron chi connectivity index (χ2n) is 6.30. The smallest absolute Gasteiger partial charge is 0.151 e. The quantitative estimate of drug-likeness (QED) is 0.851. The number of hydrogen-bond donors (Lipinski definition) is 2. The normalized spacial score (nSPS) is 30.8. The van der Waals surface area contributed by atoms with Crippen LogP contribution in [0.2, 0.25) is 0 Å². The maximum atomic E-state index is 4.34. The molecule has 1 aromatic rings.